The summed E-state index contributed by atoms with van der Waals surface area (Å²) in [6.45, 7) is 7.24. The van der Waals surface area contributed by atoms with Crippen molar-refractivity contribution >= 4 is 28.4 Å². The summed E-state index contributed by atoms with van der Waals surface area (Å²) in [5, 5.41) is 14.0. The van der Waals surface area contributed by atoms with Crippen LogP contribution in [0.5, 0.6) is 0 Å². The van der Waals surface area contributed by atoms with Crippen LogP contribution in [0.3, 0.4) is 0 Å². The Bertz CT molecular complexity index is 1770. The van der Waals surface area contributed by atoms with Crippen molar-refractivity contribution in [1.82, 2.24) is 29.2 Å². The molecule has 1 aliphatic heterocycles. The minimum atomic E-state index is -1.24. The van der Waals surface area contributed by atoms with E-state index in [2.05, 4.69) is 49.2 Å². The Morgan fingerprint density at radius 3 is 2.34 bits per heavy atom. The maximum Gasteiger partial charge on any atom is 0.283 e. The molecule has 5 aromatic rings. The van der Waals surface area contributed by atoms with Crippen LogP contribution < -0.4 is 15.8 Å². The molecule has 2 N–H and O–H groups in total. The third-order valence-corrected chi connectivity index (χ3v) is 7.24. The van der Waals surface area contributed by atoms with Gasteiger partial charge in [-0.25, -0.2) is 23.7 Å². The van der Waals surface area contributed by atoms with Gasteiger partial charge in [-0.1, -0.05) is 18.2 Å². The van der Waals surface area contributed by atoms with Crippen LogP contribution in [0.4, 0.5) is 21.7 Å². The van der Waals surface area contributed by atoms with Crippen LogP contribution in [0.2, 0.25) is 0 Å². The zero-order valence-corrected chi connectivity index (χ0v) is 23.1. The van der Waals surface area contributed by atoms with E-state index in [1.165, 1.54) is 27.7 Å². The van der Waals surface area contributed by atoms with Gasteiger partial charge in [0.1, 0.15) is 22.5 Å². The second-order valence-electron chi connectivity index (χ2n) is 10.7. The van der Waals surface area contributed by atoms with E-state index in [1.807, 2.05) is 12.1 Å². The van der Waals surface area contributed by atoms with Crippen LogP contribution >= 0.6 is 0 Å². The number of aromatic nitrogens is 5. The van der Waals surface area contributed by atoms with Crippen LogP contribution in [-0.2, 0) is 5.60 Å². The van der Waals surface area contributed by atoms with Gasteiger partial charge in [0.2, 0.25) is 5.95 Å². The smallest absolute Gasteiger partial charge is 0.283 e. The Morgan fingerprint density at radius 2 is 1.63 bits per heavy atom. The SMILES string of the molecule is CN1CCN(c2ccc(Nc3ncc4c(=O)n(-c5ccccc5F)n(-c5cccc(C(C)(C)O)n5)c4n3)cc2)CC1. The zero-order valence-electron chi connectivity index (χ0n) is 23.1. The van der Waals surface area contributed by atoms with Crippen molar-refractivity contribution in [3.8, 4) is 11.5 Å². The minimum absolute atomic E-state index is 0.0416. The number of hydrogen-bond acceptors (Lipinski definition) is 8. The quantitative estimate of drug-likeness (QED) is 0.327. The summed E-state index contributed by atoms with van der Waals surface area (Å²) in [4.78, 5) is 32.0. The summed E-state index contributed by atoms with van der Waals surface area (Å²) in [6.07, 6.45) is 1.43. The summed E-state index contributed by atoms with van der Waals surface area (Å²) in [5.74, 6) is -0.0203. The Balaban J connectivity index is 1.43. The second-order valence-corrected chi connectivity index (χ2v) is 10.7. The molecule has 4 heterocycles. The lowest BCUT2D eigenvalue weighted by atomic mass is 10.1. The van der Waals surface area contributed by atoms with Crippen molar-refractivity contribution in [1.29, 1.82) is 0 Å². The molecule has 1 saturated heterocycles. The molecule has 0 spiro atoms. The van der Waals surface area contributed by atoms with Crippen molar-refractivity contribution in [2.24, 2.45) is 0 Å². The Hall–Kier alpha value is -4.61. The molecule has 0 aliphatic carbocycles. The number of pyridine rings is 1. The Labute approximate surface area is 236 Å². The predicted molar refractivity (Wildman–Crippen MR) is 157 cm³/mol. The number of halogens is 1. The fraction of sp³-hybridized carbons (Fsp3) is 0.267. The maximum atomic E-state index is 15.0. The second kappa shape index (κ2) is 10.4. The number of nitrogens with one attached hydrogen (secondary N) is 1. The lowest BCUT2D eigenvalue weighted by Crippen LogP contribution is -2.44. The number of likely N-dealkylation sites (N-methyl/N-ethyl adjacent to an activating group) is 1. The highest BCUT2D eigenvalue weighted by atomic mass is 19.1. The van der Waals surface area contributed by atoms with Gasteiger partial charge >= 0.3 is 0 Å². The van der Waals surface area contributed by atoms with E-state index in [9.17, 15) is 9.90 Å². The van der Waals surface area contributed by atoms with E-state index in [0.717, 1.165) is 37.6 Å². The molecule has 2 aromatic carbocycles. The number of hydrogen-bond donors (Lipinski definition) is 2. The molecule has 0 unspecified atom stereocenters. The van der Waals surface area contributed by atoms with Crippen LogP contribution in [0.25, 0.3) is 22.5 Å². The average Bonchev–Trinajstić information content (AvgIpc) is 3.25. The van der Waals surface area contributed by atoms with Gasteiger partial charge in [-0.3, -0.25) is 4.79 Å². The van der Waals surface area contributed by atoms with Crippen molar-refractivity contribution in [3.05, 3.63) is 94.8 Å². The molecule has 1 aliphatic rings. The molecule has 11 heteroatoms. The summed E-state index contributed by atoms with van der Waals surface area (Å²) < 4.78 is 17.7. The summed E-state index contributed by atoms with van der Waals surface area (Å²) in [7, 11) is 2.13. The molecular formula is C30H31FN8O2. The van der Waals surface area contributed by atoms with Crippen molar-refractivity contribution in [2.75, 3.05) is 43.4 Å². The molecule has 0 saturated carbocycles. The normalized spacial score (nSPS) is 14.5. The molecular weight excluding hydrogens is 523 g/mol. The first kappa shape index (κ1) is 26.6. The fourth-order valence-corrected chi connectivity index (χ4v) is 4.93. The third kappa shape index (κ3) is 5.17. The number of anilines is 3. The number of fused-ring (bicyclic) bond motifs is 1. The van der Waals surface area contributed by atoms with Gasteiger partial charge in [0.25, 0.3) is 5.56 Å². The van der Waals surface area contributed by atoms with E-state index >= 15 is 4.39 Å². The van der Waals surface area contributed by atoms with Gasteiger partial charge < -0.3 is 20.2 Å². The number of piperazine rings is 1. The van der Waals surface area contributed by atoms with Gasteiger partial charge in [-0.15, -0.1) is 0 Å². The first-order valence-corrected chi connectivity index (χ1v) is 13.5. The molecule has 41 heavy (non-hydrogen) atoms. The van der Waals surface area contributed by atoms with Crippen LogP contribution in [0.1, 0.15) is 19.5 Å². The average molecular weight is 555 g/mol. The molecule has 0 radical (unpaired) electrons. The van der Waals surface area contributed by atoms with Crippen molar-refractivity contribution in [2.45, 2.75) is 19.4 Å². The zero-order chi connectivity index (χ0) is 28.7. The van der Waals surface area contributed by atoms with Crippen LogP contribution in [0, 0.1) is 5.82 Å². The topological polar surface area (TPSA) is 104 Å². The standard InChI is InChI=1S/C30H31FN8O2/c1-30(2,41)25-9-6-10-26(34-25)39-27-22(28(40)38(39)24-8-5-4-7-23(24)31)19-32-29(35-27)33-20-11-13-21(14-12-20)37-17-15-36(3)16-18-37/h4-14,19,41H,15-18H2,1-3H3,(H,32,33,35). The van der Waals surface area contributed by atoms with E-state index in [4.69, 9.17) is 0 Å². The number of aliphatic hydroxyl groups is 1. The number of nitrogens with zero attached hydrogens (tertiary/aromatic N) is 7. The Kier molecular flexibility index (Phi) is 6.76. The first-order chi connectivity index (χ1) is 19.7. The lowest BCUT2D eigenvalue weighted by molar-refractivity contribution is 0.0738. The van der Waals surface area contributed by atoms with Gasteiger partial charge in [0, 0.05) is 43.8 Å². The Morgan fingerprint density at radius 1 is 0.902 bits per heavy atom. The van der Waals surface area contributed by atoms with Gasteiger partial charge in [-0.05, 0) is 69.4 Å². The van der Waals surface area contributed by atoms with Crippen LogP contribution in [-0.4, -0.2) is 67.5 Å². The molecule has 0 bridgehead atoms. The van der Waals surface area contributed by atoms with E-state index in [-0.39, 0.29) is 22.7 Å². The summed E-state index contributed by atoms with van der Waals surface area (Å²) >= 11 is 0. The molecule has 6 rings (SSSR count). The van der Waals surface area contributed by atoms with Crippen LogP contribution in [0.15, 0.2) is 77.7 Å². The first-order valence-electron chi connectivity index (χ1n) is 13.5. The summed E-state index contributed by atoms with van der Waals surface area (Å²) in [5.41, 5.74) is 0.867. The molecule has 1 fully saturated rings. The predicted octanol–water partition coefficient (Wildman–Crippen LogP) is 3.83. The molecule has 0 atom stereocenters. The largest absolute Gasteiger partial charge is 0.384 e. The van der Waals surface area contributed by atoms with E-state index in [0.29, 0.717) is 11.5 Å². The van der Waals surface area contributed by atoms with Crippen molar-refractivity contribution in [3.63, 3.8) is 0 Å². The highest BCUT2D eigenvalue weighted by Gasteiger charge is 2.24. The minimum Gasteiger partial charge on any atom is -0.384 e. The maximum absolute atomic E-state index is 15.0. The van der Waals surface area contributed by atoms with Gasteiger partial charge in [0.05, 0.1) is 5.69 Å². The highest BCUT2D eigenvalue weighted by Crippen LogP contribution is 2.25. The van der Waals surface area contributed by atoms with E-state index in [1.54, 1.807) is 44.2 Å². The third-order valence-electron chi connectivity index (χ3n) is 7.24. The number of rotatable bonds is 6. The summed E-state index contributed by atoms with van der Waals surface area (Å²) in [6, 6.07) is 19.1. The highest BCUT2D eigenvalue weighted by molar-refractivity contribution is 5.78. The fourth-order valence-electron chi connectivity index (χ4n) is 4.93. The van der Waals surface area contributed by atoms with Gasteiger partial charge in [0.15, 0.2) is 11.5 Å². The number of para-hydroxylation sites is 1. The number of benzene rings is 2. The van der Waals surface area contributed by atoms with Gasteiger partial charge in [-0.2, -0.15) is 4.98 Å². The van der Waals surface area contributed by atoms with Crippen molar-refractivity contribution < 1.29 is 9.50 Å². The lowest BCUT2D eigenvalue weighted by Gasteiger charge is -2.34. The molecule has 3 aromatic heterocycles. The van der Waals surface area contributed by atoms with E-state index < -0.39 is 17.0 Å². The molecule has 210 valence electrons. The molecule has 0 amide bonds. The monoisotopic (exact) mass is 554 g/mol. The molecule has 10 nitrogen and oxygen atoms in total.